The molecule has 0 aromatic heterocycles. The second-order valence-electron chi connectivity index (χ2n) is 7.19. The van der Waals surface area contributed by atoms with Crippen molar-refractivity contribution in [2.75, 3.05) is 19.7 Å². The Morgan fingerprint density at radius 1 is 1.11 bits per heavy atom. The van der Waals surface area contributed by atoms with Crippen LogP contribution in [0.3, 0.4) is 0 Å². The highest BCUT2D eigenvalue weighted by Gasteiger charge is 2.52. The van der Waals surface area contributed by atoms with Gasteiger partial charge in [0.05, 0.1) is 17.0 Å². The van der Waals surface area contributed by atoms with Crippen LogP contribution in [-0.4, -0.2) is 48.2 Å². The summed E-state index contributed by atoms with van der Waals surface area (Å²) < 4.78 is 5.53. The Morgan fingerprint density at radius 2 is 1.78 bits per heavy atom. The van der Waals surface area contributed by atoms with Gasteiger partial charge in [-0.25, -0.2) is 0 Å². The van der Waals surface area contributed by atoms with E-state index in [4.69, 9.17) is 4.74 Å². The molecule has 0 bridgehead atoms. The highest BCUT2D eigenvalue weighted by molar-refractivity contribution is 6.12. The van der Waals surface area contributed by atoms with Crippen LogP contribution in [0.2, 0.25) is 0 Å². The minimum atomic E-state index is -0.856. The maximum atomic E-state index is 13.2. The summed E-state index contributed by atoms with van der Waals surface area (Å²) in [6.45, 7) is 2.25. The van der Waals surface area contributed by atoms with Crippen molar-refractivity contribution in [1.82, 2.24) is 10.2 Å². The fourth-order valence-corrected chi connectivity index (χ4v) is 3.79. The lowest BCUT2D eigenvalue weighted by Crippen LogP contribution is -2.47. The van der Waals surface area contributed by atoms with Gasteiger partial charge in [0.15, 0.2) is 12.4 Å². The number of ketones is 1. The van der Waals surface area contributed by atoms with E-state index in [1.165, 1.54) is 0 Å². The van der Waals surface area contributed by atoms with Crippen LogP contribution in [0.5, 0.6) is 5.75 Å². The van der Waals surface area contributed by atoms with Gasteiger partial charge in [0.2, 0.25) is 0 Å². The molecular weight excluding hydrogens is 344 g/mol. The summed E-state index contributed by atoms with van der Waals surface area (Å²) in [4.78, 5) is 39.9. The van der Waals surface area contributed by atoms with Crippen LogP contribution in [0.15, 0.2) is 54.6 Å². The number of fused-ring (bicyclic) bond motifs is 2. The van der Waals surface area contributed by atoms with Gasteiger partial charge in [-0.3, -0.25) is 14.4 Å². The van der Waals surface area contributed by atoms with E-state index in [9.17, 15) is 14.4 Å². The largest absolute Gasteiger partial charge is 0.484 e. The maximum absolute atomic E-state index is 13.2. The van der Waals surface area contributed by atoms with Crippen molar-refractivity contribution in [1.29, 1.82) is 0 Å². The summed E-state index contributed by atoms with van der Waals surface area (Å²) in [7, 11) is 0. The number of rotatable bonds is 3. The molecule has 2 atom stereocenters. The highest BCUT2D eigenvalue weighted by atomic mass is 16.5. The lowest BCUT2D eigenvalue weighted by atomic mass is 9.78. The molecule has 0 aliphatic carbocycles. The number of nitrogens with zero attached hydrogens (tertiary/aromatic N) is 1. The van der Waals surface area contributed by atoms with Crippen LogP contribution in [0, 0.1) is 5.41 Å². The molecule has 2 aliphatic heterocycles. The van der Waals surface area contributed by atoms with Crippen LogP contribution >= 0.6 is 0 Å². The number of para-hydroxylation sites is 1. The van der Waals surface area contributed by atoms with E-state index < -0.39 is 11.5 Å². The third kappa shape index (κ3) is 2.97. The molecule has 0 saturated carbocycles. The van der Waals surface area contributed by atoms with Crippen LogP contribution in [0.1, 0.15) is 27.6 Å². The Kier molecular flexibility index (Phi) is 4.18. The van der Waals surface area contributed by atoms with E-state index in [1.54, 1.807) is 41.3 Å². The number of hydrogen-bond acceptors (Lipinski definition) is 4. The zero-order valence-electron chi connectivity index (χ0n) is 15.0. The van der Waals surface area contributed by atoms with Crippen LogP contribution in [-0.2, 0) is 4.79 Å². The van der Waals surface area contributed by atoms with Gasteiger partial charge < -0.3 is 15.0 Å². The number of benzene rings is 2. The Labute approximate surface area is 157 Å². The van der Waals surface area contributed by atoms with Gasteiger partial charge in [0.25, 0.3) is 11.8 Å². The number of Topliss-reactive ketones (excluding diaryl/α,β-unsaturated/α-hetero) is 1. The van der Waals surface area contributed by atoms with Gasteiger partial charge in [-0.05, 0) is 25.1 Å². The van der Waals surface area contributed by atoms with Gasteiger partial charge in [-0.15, -0.1) is 0 Å². The number of amides is 2. The zero-order chi connectivity index (χ0) is 19.0. The van der Waals surface area contributed by atoms with Crippen molar-refractivity contribution < 1.29 is 19.1 Å². The quantitative estimate of drug-likeness (QED) is 0.903. The van der Waals surface area contributed by atoms with Crippen molar-refractivity contribution >= 4 is 17.6 Å². The fraction of sp³-hybridized carbons (Fsp3) is 0.286. The summed E-state index contributed by atoms with van der Waals surface area (Å²) in [5.74, 6) is 0.0236. The van der Waals surface area contributed by atoms with E-state index in [0.29, 0.717) is 23.4 Å². The van der Waals surface area contributed by atoms with Crippen molar-refractivity contribution in [3.63, 3.8) is 0 Å². The average molecular weight is 364 g/mol. The topological polar surface area (TPSA) is 75.7 Å². The molecule has 2 heterocycles. The minimum Gasteiger partial charge on any atom is -0.484 e. The third-order valence-corrected chi connectivity index (χ3v) is 5.39. The summed E-state index contributed by atoms with van der Waals surface area (Å²) in [5.41, 5.74) is -0.0525. The van der Waals surface area contributed by atoms with Crippen molar-refractivity contribution in [3.05, 3.63) is 65.7 Å². The van der Waals surface area contributed by atoms with Crippen LogP contribution in [0.4, 0.5) is 0 Å². The van der Waals surface area contributed by atoms with Crippen LogP contribution < -0.4 is 10.1 Å². The lowest BCUT2D eigenvalue weighted by Gasteiger charge is -2.26. The number of hydrogen-bond donors (Lipinski definition) is 1. The normalized spacial score (nSPS) is 23.9. The van der Waals surface area contributed by atoms with E-state index in [2.05, 4.69) is 5.32 Å². The van der Waals surface area contributed by atoms with E-state index in [-0.39, 0.29) is 30.7 Å². The maximum Gasteiger partial charge on any atom is 0.260 e. The van der Waals surface area contributed by atoms with Gasteiger partial charge in [-0.1, -0.05) is 36.4 Å². The Bertz CT molecular complexity index is 911. The zero-order valence-corrected chi connectivity index (χ0v) is 15.0. The molecule has 138 valence electrons. The predicted molar refractivity (Wildman–Crippen MR) is 98.7 cm³/mol. The number of nitrogens with one attached hydrogen (secondary N) is 1. The SMILES string of the molecule is C[C@]12CN(C(=O)COc3ccccc3)C[C@H]1NC(=O)c1ccccc1C2=O. The average Bonchev–Trinajstić information content (AvgIpc) is 3.00. The molecule has 6 heteroatoms. The van der Waals surface area contributed by atoms with E-state index in [0.717, 1.165) is 0 Å². The Balaban J connectivity index is 1.53. The minimum absolute atomic E-state index is 0.106. The molecule has 2 amide bonds. The van der Waals surface area contributed by atoms with E-state index >= 15 is 0 Å². The third-order valence-electron chi connectivity index (χ3n) is 5.39. The van der Waals surface area contributed by atoms with Crippen molar-refractivity contribution in [2.45, 2.75) is 13.0 Å². The molecule has 1 fully saturated rings. The molecular formula is C21H20N2O4. The number of carbonyl (C=O) groups excluding carboxylic acids is 3. The molecule has 4 rings (SSSR count). The molecule has 2 aromatic carbocycles. The van der Waals surface area contributed by atoms with Crippen LogP contribution in [0.25, 0.3) is 0 Å². The molecule has 2 aromatic rings. The predicted octanol–water partition coefficient (Wildman–Crippen LogP) is 1.91. The lowest BCUT2D eigenvalue weighted by molar-refractivity contribution is -0.132. The summed E-state index contributed by atoms with van der Waals surface area (Å²) >= 11 is 0. The first-order valence-corrected chi connectivity index (χ1v) is 8.89. The molecule has 27 heavy (non-hydrogen) atoms. The van der Waals surface area contributed by atoms with Gasteiger partial charge in [-0.2, -0.15) is 0 Å². The van der Waals surface area contributed by atoms with Crippen molar-refractivity contribution in [3.8, 4) is 5.75 Å². The number of carbonyl (C=O) groups is 3. The van der Waals surface area contributed by atoms with Gasteiger partial charge in [0.1, 0.15) is 5.75 Å². The summed E-state index contributed by atoms with van der Waals surface area (Å²) in [6.07, 6.45) is 0. The first kappa shape index (κ1) is 17.3. The fourth-order valence-electron chi connectivity index (χ4n) is 3.79. The smallest absolute Gasteiger partial charge is 0.260 e. The monoisotopic (exact) mass is 364 g/mol. The second kappa shape index (κ2) is 6.54. The van der Waals surface area contributed by atoms with Crippen molar-refractivity contribution in [2.24, 2.45) is 5.41 Å². The molecule has 1 saturated heterocycles. The van der Waals surface area contributed by atoms with E-state index in [1.807, 2.05) is 25.1 Å². The molecule has 0 unspecified atom stereocenters. The first-order valence-electron chi connectivity index (χ1n) is 8.89. The summed E-state index contributed by atoms with van der Waals surface area (Å²) in [6, 6.07) is 15.5. The molecule has 1 N–H and O–H groups in total. The molecule has 6 nitrogen and oxygen atoms in total. The standard InChI is InChI=1S/C21H20N2O4/c1-21-13-23(18(24)12-27-14-7-3-2-4-8-14)11-17(21)22-20(26)16-10-6-5-9-15(16)19(21)25/h2-10,17H,11-13H2,1H3,(H,22,26)/t17-,21+/m1/s1. The highest BCUT2D eigenvalue weighted by Crippen LogP contribution is 2.37. The molecule has 0 radical (unpaired) electrons. The molecule has 2 aliphatic rings. The number of likely N-dealkylation sites (tertiary alicyclic amines) is 1. The Morgan fingerprint density at radius 3 is 2.52 bits per heavy atom. The second-order valence-corrected chi connectivity index (χ2v) is 7.19. The van der Waals surface area contributed by atoms with Gasteiger partial charge >= 0.3 is 0 Å². The Hall–Kier alpha value is -3.15. The van der Waals surface area contributed by atoms with Gasteiger partial charge in [0, 0.05) is 18.7 Å². The summed E-state index contributed by atoms with van der Waals surface area (Å²) in [5, 5.41) is 2.93. The molecule has 0 spiro atoms. The number of ether oxygens (including phenoxy) is 1. The first-order chi connectivity index (χ1) is 13.0.